The molecule has 0 saturated carbocycles. The molecule has 49 heavy (non-hydrogen) atoms. The van der Waals surface area contributed by atoms with E-state index in [-0.39, 0.29) is 12.0 Å². The number of aromatic nitrogens is 1. The molecule has 0 fully saturated rings. The van der Waals surface area contributed by atoms with E-state index in [2.05, 4.69) is 28.5 Å². The summed E-state index contributed by atoms with van der Waals surface area (Å²) in [5.41, 5.74) is 4.54. The van der Waals surface area contributed by atoms with Gasteiger partial charge in [0.05, 0.1) is 18.4 Å². The van der Waals surface area contributed by atoms with Crippen molar-refractivity contribution in [3.8, 4) is 22.6 Å². The number of fused-ring (bicyclic) bond motifs is 1. The Kier molecular flexibility index (Phi) is 12.2. The maximum absolute atomic E-state index is 14.1. The highest BCUT2D eigenvalue weighted by atomic mass is 19.4. The van der Waals surface area contributed by atoms with Gasteiger partial charge in [-0.1, -0.05) is 66.7 Å². The van der Waals surface area contributed by atoms with Gasteiger partial charge in [0.15, 0.2) is 11.5 Å². The summed E-state index contributed by atoms with van der Waals surface area (Å²) < 4.78 is 43.6. The molecule has 0 spiro atoms. The maximum Gasteiger partial charge on any atom is 0.490 e. The first-order valence-corrected chi connectivity index (χ1v) is 15.4. The summed E-state index contributed by atoms with van der Waals surface area (Å²) >= 11 is 0. The fourth-order valence-electron chi connectivity index (χ4n) is 4.99. The molecule has 1 unspecified atom stereocenters. The monoisotopic (exact) mass is 674 g/mol. The summed E-state index contributed by atoms with van der Waals surface area (Å²) in [4.78, 5) is 27.2. The molecule has 1 amide bonds. The number of nitrogens with two attached hydrogens (primary N) is 1. The highest BCUT2D eigenvalue weighted by Gasteiger charge is 2.38. The third kappa shape index (κ3) is 9.71. The molecule has 0 saturated heterocycles. The van der Waals surface area contributed by atoms with Crippen molar-refractivity contribution < 1.29 is 37.3 Å². The summed E-state index contributed by atoms with van der Waals surface area (Å²) in [5, 5.41) is 13.7. The summed E-state index contributed by atoms with van der Waals surface area (Å²) in [6.07, 6.45) is -1.57. The van der Waals surface area contributed by atoms with Crippen molar-refractivity contribution in [1.82, 2.24) is 10.3 Å². The SMILES string of the molecule is CCOc1cc(C(C(=O)NCc2ccccc2-c2ccccc2)N(N)c2ccc3cnccc3c2)ccc1OC(C)C.O=C(O)C(F)(F)F. The lowest BCUT2D eigenvalue weighted by molar-refractivity contribution is -0.192. The van der Waals surface area contributed by atoms with Crippen LogP contribution in [0.4, 0.5) is 18.9 Å². The lowest BCUT2D eigenvalue weighted by atomic mass is 9.99. The molecule has 0 aliphatic rings. The van der Waals surface area contributed by atoms with Crippen LogP contribution in [0.3, 0.4) is 0 Å². The first-order chi connectivity index (χ1) is 23.4. The van der Waals surface area contributed by atoms with Crippen molar-refractivity contribution >= 4 is 28.3 Å². The highest BCUT2D eigenvalue weighted by molar-refractivity contribution is 5.89. The molecular formula is C37H37F3N4O5. The molecule has 12 heteroatoms. The van der Waals surface area contributed by atoms with Crippen molar-refractivity contribution in [1.29, 1.82) is 0 Å². The number of rotatable bonds is 11. The quantitative estimate of drug-likeness (QED) is 0.0974. The van der Waals surface area contributed by atoms with Gasteiger partial charge in [0.2, 0.25) is 5.91 Å². The molecule has 0 aliphatic carbocycles. The summed E-state index contributed by atoms with van der Waals surface area (Å²) in [7, 11) is 0. The minimum absolute atomic E-state index is 0.0306. The van der Waals surface area contributed by atoms with Gasteiger partial charge >= 0.3 is 12.1 Å². The Labute approximate surface area is 282 Å². The van der Waals surface area contributed by atoms with Crippen LogP contribution in [0.5, 0.6) is 11.5 Å². The van der Waals surface area contributed by atoms with E-state index in [0.29, 0.717) is 35.9 Å². The van der Waals surface area contributed by atoms with Crippen molar-refractivity contribution in [3.63, 3.8) is 0 Å². The summed E-state index contributed by atoms with van der Waals surface area (Å²) in [6.45, 7) is 6.63. The van der Waals surface area contributed by atoms with Crippen LogP contribution in [0, 0.1) is 0 Å². The molecule has 4 aromatic carbocycles. The van der Waals surface area contributed by atoms with Gasteiger partial charge in [0.1, 0.15) is 6.04 Å². The van der Waals surface area contributed by atoms with Gasteiger partial charge in [-0.05, 0) is 78.7 Å². The first kappa shape index (κ1) is 36.2. The molecule has 0 radical (unpaired) electrons. The van der Waals surface area contributed by atoms with Gasteiger partial charge in [-0.3, -0.25) is 14.8 Å². The van der Waals surface area contributed by atoms with Gasteiger partial charge in [-0.2, -0.15) is 13.2 Å². The number of amides is 1. The predicted molar refractivity (Wildman–Crippen MR) is 182 cm³/mol. The van der Waals surface area contributed by atoms with Crippen molar-refractivity contribution in [2.75, 3.05) is 11.6 Å². The Hall–Kier alpha value is -5.62. The van der Waals surface area contributed by atoms with E-state index in [9.17, 15) is 18.0 Å². The maximum atomic E-state index is 14.1. The zero-order valence-corrected chi connectivity index (χ0v) is 27.1. The van der Waals surface area contributed by atoms with E-state index >= 15 is 0 Å². The van der Waals surface area contributed by atoms with Crippen LogP contribution >= 0.6 is 0 Å². The number of hydrazine groups is 1. The van der Waals surface area contributed by atoms with Crippen LogP contribution in [0.15, 0.2) is 109 Å². The number of aliphatic carboxylic acids is 1. The second kappa shape index (κ2) is 16.5. The number of hydrogen-bond acceptors (Lipinski definition) is 7. The van der Waals surface area contributed by atoms with Gasteiger partial charge < -0.3 is 19.9 Å². The average molecular weight is 675 g/mol. The van der Waals surface area contributed by atoms with E-state index in [1.54, 1.807) is 12.4 Å². The van der Waals surface area contributed by atoms with Crippen LogP contribution < -0.4 is 25.6 Å². The Morgan fingerprint density at radius 2 is 1.61 bits per heavy atom. The minimum atomic E-state index is -5.08. The van der Waals surface area contributed by atoms with Gasteiger partial charge in [-0.15, -0.1) is 0 Å². The fraction of sp³-hybridized carbons (Fsp3) is 0.216. The molecular weight excluding hydrogens is 637 g/mol. The molecule has 0 bridgehead atoms. The second-order valence-electron chi connectivity index (χ2n) is 11.1. The van der Waals surface area contributed by atoms with Crippen molar-refractivity contribution in [3.05, 3.63) is 121 Å². The van der Waals surface area contributed by atoms with Crippen LogP contribution in [-0.2, 0) is 16.1 Å². The Balaban J connectivity index is 0.000000698. The predicted octanol–water partition coefficient (Wildman–Crippen LogP) is 7.46. The fourth-order valence-corrected chi connectivity index (χ4v) is 4.99. The summed E-state index contributed by atoms with van der Waals surface area (Å²) in [5.74, 6) is 4.97. The topological polar surface area (TPSA) is 127 Å². The zero-order chi connectivity index (χ0) is 35.6. The molecule has 1 heterocycles. The number of anilines is 1. The average Bonchev–Trinajstić information content (AvgIpc) is 3.08. The largest absolute Gasteiger partial charge is 0.490 e. The molecule has 5 aromatic rings. The van der Waals surface area contributed by atoms with Gasteiger partial charge in [-0.25, -0.2) is 10.6 Å². The van der Waals surface area contributed by atoms with Gasteiger partial charge in [0.25, 0.3) is 0 Å². The van der Waals surface area contributed by atoms with Crippen LogP contribution in [0.1, 0.15) is 37.9 Å². The minimum Gasteiger partial charge on any atom is -0.490 e. The van der Waals surface area contributed by atoms with E-state index in [1.807, 2.05) is 99.6 Å². The first-order valence-electron chi connectivity index (χ1n) is 15.4. The standard InChI is InChI=1S/C35H36N4O3.C2HF3O2/c1-4-41-33-21-27(15-17-32(33)42-24(2)3)34(39(36)30-16-14-28-22-37-19-18-26(28)20-30)35(40)38-23-29-12-8-9-13-31(29)25-10-6-5-7-11-25;3-2(4,5)1(6)7/h5-22,24,34H,4,23,36H2,1-3H3,(H,38,40);(H,6,7). The number of carboxylic acid groups (broad SMARTS) is 1. The Bertz CT molecular complexity index is 1870. The molecule has 1 aromatic heterocycles. The number of alkyl halides is 3. The lowest BCUT2D eigenvalue weighted by Crippen LogP contribution is -2.44. The highest BCUT2D eigenvalue weighted by Crippen LogP contribution is 2.35. The van der Waals surface area contributed by atoms with Crippen molar-refractivity contribution in [2.24, 2.45) is 5.84 Å². The number of halogens is 3. The second-order valence-corrected chi connectivity index (χ2v) is 11.1. The number of carboxylic acids is 1. The smallest absolute Gasteiger partial charge is 0.490 e. The third-order valence-corrected chi connectivity index (χ3v) is 7.19. The Morgan fingerprint density at radius 1 is 0.918 bits per heavy atom. The normalized spacial score (nSPS) is 11.7. The van der Waals surface area contributed by atoms with Gasteiger partial charge in [0, 0.05) is 24.3 Å². The third-order valence-electron chi connectivity index (χ3n) is 7.19. The number of pyridine rings is 1. The van der Waals surface area contributed by atoms with E-state index in [1.165, 1.54) is 5.01 Å². The van der Waals surface area contributed by atoms with E-state index < -0.39 is 18.2 Å². The van der Waals surface area contributed by atoms with Crippen LogP contribution in [0.25, 0.3) is 21.9 Å². The molecule has 0 aliphatic heterocycles. The molecule has 256 valence electrons. The number of benzene rings is 4. The number of nitrogens with one attached hydrogen (secondary N) is 1. The number of carbonyl (C=O) groups is 2. The Morgan fingerprint density at radius 3 is 2.29 bits per heavy atom. The summed E-state index contributed by atoms with van der Waals surface area (Å²) in [6, 6.07) is 30.7. The van der Waals surface area contributed by atoms with Crippen LogP contribution in [-0.4, -0.2) is 40.9 Å². The van der Waals surface area contributed by atoms with E-state index in [0.717, 1.165) is 27.5 Å². The molecule has 9 nitrogen and oxygen atoms in total. The zero-order valence-electron chi connectivity index (χ0n) is 27.1. The number of hydrogen-bond donors (Lipinski definition) is 3. The number of nitrogens with zero attached hydrogens (tertiary/aromatic N) is 2. The molecule has 1 atom stereocenters. The van der Waals surface area contributed by atoms with Crippen LogP contribution in [0.2, 0.25) is 0 Å². The van der Waals surface area contributed by atoms with Crippen molar-refractivity contribution in [2.45, 2.75) is 45.6 Å². The lowest BCUT2D eigenvalue weighted by Gasteiger charge is -2.30. The molecule has 5 rings (SSSR count). The number of ether oxygens (including phenoxy) is 2. The molecule has 4 N–H and O–H groups in total. The van der Waals surface area contributed by atoms with E-state index in [4.69, 9.17) is 25.2 Å². The number of carbonyl (C=O) groups excluding carboxylic acids is 1.